The highest BCUT2D eigenvalue weighted by Crippen LogP contribution is 2.23. The summed E-state index contributed by atoms with van der Waals surface area (Å²) in [7, 11) is -6.59. The molecule has 0 aromatic heterocycles. The molecular formula is C22H29N3O5S2. The molecule has 10 heteroatoms. The molecule has 1 aliphatic heterocycles. The van der Waals surface area contributed by atoms with Crippen molar-refractivity contribution in [3.63, 3.8) is 0 Å². The zero-order chi connectivity index (χ0) is 23.4. The summed E-state index contributed by atoms with van der Waals surface area (Å²) in [5.41, 5.74) is 1.41. The number of para-hydroxylation sites is 1. The number of anilines is 1. The smallest absolute Gasteiger partial charge is 0.241 e. The van der Waals surface area contributed by atoms with Crippen LogP contribution >= 0.6 is 0 Å². The molecule has 174 valence electrons. The molecule has 0 bridgehead atoms. The Morgan fingerprint density at radius 2 is 1.59 bits per heavy atom. The molecular weight excluding hydrogens is 450 g/mol. The van der Waals surface area contributed by atoms with Gasteiger partial charge in [0.15, 0.2) is 15.6 Å². The molecule has 0 aliphatic carbocycles. The number of sulfone groups is 1. The number of benzene rings is 2. The van der Waals surface area contributed by atoms with Gasteiger partial charge in [0.2, 0.25) is 10.0 Å². The Bertz CT molecular complexity index is 1160. The number of hydrogen-bond acceptors (Lipinski definition) is 7. The summed E-state index contributed by atoms with van der Waals surface area (Å²) in [5.74, 6) is -0.208. The molecule has 2 aromatic carbocycles. The number of rotatable bonds is 9. The third-order valence-electron chi connectivity index (χ3n) is 5.60. The molecule has 3 rings (SSSR count). The van der Waals surface area contributed by atoms with Gasteiger partial charge in [0.25, 0.3) is 0 Å². The molecule has 0 unspecified atom stereocenters. The van der Waals surface area contributed by atoms with Gasteiger partial charge in [-0.2, -0.15) is 0 Å². The van der Waals surface area contributed by atoms with E-state index in [2.05, 4.69) is 26.7 Å². The lowest BCUT2D eigenvalue weighted by Gasteiger charge is -2.36. The summed E-state index contributed by atoms with van der Waals surface area (Å²) >= 11 is 0. The van der Waals surface area contributed by atoms with Crippen LogP contribution in [0.1, 0.15) is 23.2 Å². The molecule has 8 nitrogen and oxygen atoms in total. The first-order chi connectivity index (χ1) is 15.1. The summed E-state index contributed by atoms with van der Waals surface area (Å²) < 4.78 is 50.7. The van der Waals surface area contributed by atoms with Gasteiger partial charge in [-0.15, -0.1) is 0 Å². The monoisotopic (exact) mass is 479 g/mol. The predicted molar refractivity (Wildman–Crippen MR) is 124 cm³/mol. The molecule has 32 heavy (non-hydrogen) atoms. The normalized spacial score (nSPS) is 15.6. The van der Waals surface area contributed by atoms with Crippen molar-refractivity contribution in [1.82, 2.24) is 9.62 Å². The van der Waals surface area contributed by atoms with Crippen molar-refractivity contribution in [3.05, 3.63) is 54.1 Å². The van der Waals surface area contributed by atoms with Crippen molar-refractivity contribution in [2.45, 2.75) is 22.6 Å². The van der Waals surface area contributed by atoms with Gasteiger partial charge in [0.05, 0.1) is 4.90 Å². The maximum Gasteiger partial charge on any atom is 0.241 e. The second-order valence-corrected chi connectivity index (χ2v) is 11.7. The summed E-state index contributed by atoms with van der Waals surface area (Å²) in [6.45, 7) is 4.46. The van der Waals surface area contributed by atoms with Gasteiger partial charge < -0.3 is 4.90 Å². The quantitative estimate of drug-likeness (QED) is 0.547. The van der Waals surface area contributed by atoms with Crippen LogP contribution in [-0.4, -0.2) is 73.5 Å². The van der Waals surface area contributed by atoms with Gasteiger partial charge >= 0.3 is 0 Å². The molecule has 1 fully saturated rings. The molecule has 0 amide bonds. The largest absolute Gasteiger partial charge is 0.369 e. The van der Waals surface area contributed by atoms with Crippen LogP contribution in [0, 0.1) is 0 Å². The number of sulfonamides is 1. The minimum Gasteiger partial charge on any atom is -0.369 e. The minimum atomic E-state index is -4.03. The Hall–Kier alpha value is -2.27. The third kappa shape index (κ3) is 5.94. The lowest BCUT2D eigenvalue weighted by molar-refractivity contribution is 0.0974. The second-order valence-electron chi connectivity index (χ2n) is 7.83. The zero-order valence-electron chi connectivity index (χ0n) is 18.3. The highest BCUT2D eigenvalue weighted by molar-refractivity contribution is 7.93. The highest BCUT2D eigenvalue weighted by atomic mass is 32.2. The Morgan fingerprint density at radius 1 is 0.938 bits per heavy atom. The first-order valence-electron chi connectivity index (χ1n) is 10.4. The molecule has 2 aromatic rings. The molecule has 1 saturated heterocycles. The van der Waals surface area contributed by atoms with Crippen LogP contribution in [0.2, 0.25) is 0 Å². The van der Waals surface area contributed by atoms with Crippen molar-refractivity contribution < 1.29 is 21.6 Å². The molecule has 1 N–H and O–H groups in total. The fraction of sp³-hybridized carbons (Fsp3) is 0.409. The van der Waals surface area contributed by atoms with Crippen LogP contribution in [0.4, 0.5) is 5.69 Å². The highest BCUT2D eigenvalue weighted by Gasteiger charge is 2.24. The molecule has 0 saturated carbocycles. The number of piperazine rings is 1. The number of Topliss-reactive ketones (excluding diaryl/α,β-unsaturated/α-hetero) is 1. The fourth-order valence-corrected chi connectivity index (χ4v) is 6.14. The first-order valence-corrected chi connectivity index (χ1v) is 13.8. The van der Waals surface area contributed by atoms with E-state index in [1.807, 2.05) is 18.2 Å². The van der Waals surface area contributed by atoms with Gasteiger partial charge in [-0.05, 0) is 44.3 Å². The number of carbonyl (C=O) groups excluding carboxylic acids is 1. The summed E-state index contributed by atoms with van der Waals surface area (Å²) in [5, 5.41) is 0. The van der Waals surface area contributed by atoms with Gasteiger partial charge in [0, 0.05) is 50.1 Å². The predicted octanol–water partition coefficient (Wildman–Crippen LogP) is 1.78. The topological polar surface area (TPSA) is 104 Å². The van der Waals surface area contributed by atoms with Gasteiger partial charge in [0.1, 0.15) is 4.90 Å². The summed E-state index contributed by atoms with van der Waals surface area (Å²) in [4.78, 5) is 16.6. The number of ketones is 1. The van der Waals surface area contributed by atoms with Crippen LogP contribution < -0.4 is 9.62 Å². The Labute approximate surface area is 190 Å². The maximum absolute atomic E-state index is 12.7. The molecule has 0 spiro atoms. The Morgan fingerprint density at radius 3 is 2.19 bits per heavy atom. The lowest BCUT2D eigenvalue weighted by atomic mass is 10.1. The van der Waals surface area contributed by atoms with E-state index in [4.69, 9.17) is 0 Å². The van der Waals surface area contributed by atoms with Crippen molar-refractivity contribution in [1.29, 1.82) is 0 Å². The average Bonchev–Trinajstić information content (AvgIpc) is 2.79. The van der Waals surface area contributed by atoms with Crippen molar-refractivity contribution in [2.75, 3.05) is 50.9 Å². The lowest BCUT2D eigenvalue weighted by Crippen LogP contribution is -2.46. The van der Waals surface area contributed by atoms with E-state index in [0.717, 1.165) is 45.0 Å². The third-order valence-corrected chi connectivity index (χ3v) is 8.33. The van der Waals surface area contributed by atoms with Crippen LogP contribution in [0.5, 0.6) is 0 Å². The van der Waals surface area contributed by atoms with Gasteiger partial charge in [-0.1, -0.05) is 24.3 Å². The van der Waals surface area contributed by atoms with E-state index in [1.165, 1.54) is 24.9 Å². The Balaban J connectivity index is 1.58. The number of nitrogens with zero attached hydrogens (tertiary/aromatic N) is 2. The summed E-state index contributed by atoms with van der Waals surface area (Å²) in [6.07, 6.45) is 1.85. The SMILES string of the molecule is CNS(=O)(=O)c1cc(C(=O)CCCN2CCN(c3ccccc3)CC2)ccc1S(C)(=O)=O. The molecule has 0 radical (unpaired) electrons. The average molecular weight is 480 g/mol. The number of carbonyl (C=O) groups is 1. The first kappa shape index (κ1) is 24.4. The van der Waals surface area contributed by atoms with E-state index >= 15 is 0 Å². The second kappa shape index (κ2) is 10.1. The molecule has 1 aliphatic rings. The summed E-state index contributed by atoms with van der Waals surface area (Å²) in [6, 6.07) is 14.0. The van der Waals surface area contributed by atoms with Gasteiger partial charge in [-0.25, -0.2) is 21.6 Å². The van der Waals surface area contributed by atoms with Gasteiger partial charge in [-0.3, -0.25) is 9.69 Å². The maximum atomic E-state index is 12.7. The van der Waals surface area contributed by atoms with Crippen molar-refractivity contribution in [2.24, 2.45) is 0 Å². The van der Waals surface area contributed by atoms with Crippen LogP contribution in [0.15, 0.2) is 58.3 Å². The van der Waals surface area contributed by atoms with E-state index < -0.39 is 24.8 Å². The zero-order valence-corrected chi connectivity index (χ0v) is 20.0. The van der Waals surface area contributed by atoms with E-state index in [1.54, 1.807) is 0 Å². The van der Waals surface area contributed by atoms with E-state index in [0.29, 0.717) is 6.42 Å². The number of hydrogen-bond donors (Lipinski definition) is 1. The number of nitrogens with one attached hydrogen (secondary N) is 1. The fourth-order valence-electron chi connectivity index (χ4n) is 3.78. The van der Waals surface area contributed by atoms with Crippen molar-refractivity contribution >= 4 is 31.3 Å². The van der Waals surface area contributed by atoms with E-state index in [-0.39, 0.29) is 22.7 Å². The Kier molecular flexibility index (Phi) is 7.71. The van der Waals surface area contributed by atoms with Crippen LogP contribution in [0.25, 0.3) is 0 Å². The van der Waals surface area contributed by atoms with Crippen LogP contribution in [-0.2, 0) is 19.9 Å². The van der Waals surface area contributed by atoms with E-state index in [9.17, 15) is 21.6 Å². The van der Waals surface area contributed by atoms with Crippen LogP contribution in [0.3, 0.4) is 0 Å². The molecule has 0 atom stereocenters. The standard InChI is InChI=1S/C22H29N3O5S2/c1-23-32(29,30)22-17-18(10-11-21(22)31(2,27)28)20(26)9-6-12-24-13-15-25(16-14-24)19-7-4-3-5-8-19/h3-5,7-8,10-11,17,23H,6,9,12-16H2,1-2H3. The minimum absolute atomic E-state index is 0.195. The molecule has 1 heterocycles. The van der Waals surface area contributed by atoms with Crippen molar-refractivity contribution in [3.8, 4) is 0 Å².